The van der Waals surface area contributed by atoms with E-state index >= 15 is 0 Å². The number of carbonyl (C=O) groups excluding carboxylic acids is 1. The van der Waals surface area contributed by atoms with Crippen LogP contribution in [0.3, 0.4) is 0 Å². The molecule has 6 heteroatoms. The molecule has 0 aliphatic rings. The van der Waals surface area contributed by atoms with Gasteiger partial charge < -0.3 is 9.47 Å². The van der Waals surface area contributed by atoms with Crippen molar-refractivity contribution in [2.24, 2.45) is 0 Å². The first-order chi connectivity index (χ1) is 13.2. The number of aromatic nitrogens is 2. The van der Waals surface area contributed by atoms with Crippen molar-refractivity contribution in [2.75, 3.05) is 7.11 Å². The maximum absolute atomic E-state index is 11.0. The van der Waals surface area contributed by atoms with Crippen molar-refractivity contribution in [1.29, 1.82) is 0 Å². The SMILES string of the molecule is COc1cc(C=O)ccc1Oc1nc(C)nc2scc(-c3ccccc3)c12. The van der Waals surface area contributed by atoms with Gasteiger partial charge in [0.25, 0.3) is 0 Å². The summed E-state index contributed by atoms with van der Waals surface area (Å²) in [5.41, 5.74) is 2.61. The maximum Gasteiger partial charge on any atom is 0.232 e. The summed E-state index contributed by atoms with van der Waals surface area (Å²) in [7, 11) is 1.54. The van der Waals surface area contributed by atoms with Gasteiger partial charge in [-0.15, -0.1) is 11.3 Å². The second-order valence-corrected chi connectivity index (χ2v) is 6.76. The van der Waals surface area contributed by atoms with Gasteiger partial charge in [0.1, 0.15) is 16.9 Å². The van der Waals surface area contributed by atoms with Gasteiger partial charge in [0.2, 0.25) is 5.88 Å². The number of ether oxygens (including phenoxy) is 2. The minimum absolute atomic E-state index is 0.467. The van der Waals surface area contributed by atoms with Crippen LogP contribution in [0.15, 0.2) is 53.9 Å². The number of aldehydes is 1. The zero-order chi connectivity index (χ0) is 18.8. The van der Waals surface area contributed by atoms with Gasteiger partial charge in [0.15, 0.2) is 11.5 Å². The molecule has 0 saturated carbocycles. The smallest absolute Gasteiger partial charge is 0.232 e. The first-order valence-corrected chi connectivity index (χ1v) is 9.20. The highest BCUT2D eigenvalue weighted by Gasteiger charge is 2.17. The number of hydrogen-bond donors (Lipinski definition) is 0. The van der Waals surface area contributed by atoms with E-state index in [-0.39, 0.29) is 0 Å². The van der Waals surface area contributed by atoms with Crippen LogP contribution in [0.25, 0.3) is 21.3 Å². The molecule has 134 valence electrons. The Bertz CT molecular complexity index is 1120. The number of hydrogen-bond acceptors (Lipinski definition) is 6. The topological polar surface area (TPSA) is 61.3 Å². The molecule has 2 heterocycles. The molecular formula is C21H16N2O3S. The second kappa shape index (κ2) is 7.17. The molecular weight excluding hydrogens is 360 g/mol. The molecule has 0 amide bonds. The summed E-state index contributed by atoms with van der Waals surface area (Å²) in [6.45, 7) is 1.83. The largest absolute Gasteiger partial charge is 0.493 e. The average Bonchev–Trinajstić information content (AvgIpc) is 3.13. The highest BCUT2D eigenvalue weighted by atomic mass is 32.1. The lowest BCUT2D eigenvalue weighted by molar-refractivity contribution is 0.112. The summed E-state index contributed by atoms with van der Waals surface area (Å²) in [6, 6.07) is 15.1. The van der Waals surface area contributed by atoms with Crippen LogP contribution >= 0.6 is 11.3 Å². The molecule has 27 heavy (non-hydrogen) atoms. The van der Waals surface area contributed by atoms with E-state index < -0.39 is 0 Å². The summed E-state index contributed by atoms with van der Waals surface area (Å²) >= 11 is 1.56. The van der Waals surface area contributed by atoms with Gasteiger partial charge in [0.05, 0.1) is 12.5 Å². The molecule has 4 rings (SSSR count). The Balaban J connectivity index is 1.87. The Kier molecular flexibility index (Phi) is 4.56. The quantitative estimate of drug-likeness (QED) is 0.444. The van der Waals surface area contributed by atoms with E-state index in [1.54, 1.807) is 29.5 Å². The monoisotopic (exact) mass is 376 g/mol. The highest BCUT2D eigenvalue weighted by molar-refractivity contribution is 7.17. The van der Waals surface area contributed by atoms with Crippen LogP contribution in [-0.4, -0.2) is 23.4 Å². The van der Waals surface area contributed by atoms with Gasteiger partial charge in [-0.05, 0) is 30.7 Å². The van der Waals surface area contributed by atoms with Crippen LogP contribution in [0.2, 0.25) is 0 Å². The average molecular weight is 376 g/mol. The standard InChI is InChI=1S/C21H16N2O3S/c1-13-22-20(26-17-9-8-14(11-24)10-18(17)25-2)19-16(12-27-21(19)23-13)15-6-4-3-5-7-15/h3-12H,1-2H3. The van der Waals surface area contributed by atoms with Crippen LogP contribution in [0.5, 0.6) is 17.4 Å². The molecule has 0 unspecified atom stereocenters. The molecule has 0 saturated heterocycles. The third-order valence-corrected chi connectivity index (χ3v) is 5.00. The molecule has 0 radical (unpaired) electrons. The van der Waals surface area contributed by atoms with Crippen LogP contribution in [-0.2, 0) is 0 Å². The van der Waals surface area contributed by atoms with Crippen LogP contribution in [0, 0.1) is 6.92 Å². The maximum atomic E-state index is 11.0. The number of methoxy groups -OCH3 is 1. The molecule has 0 N–H and O–H groups in total. The van der Waals surface area contributed by atoms with Gasteiger partial charge in [-0.2, -0.15) is 4.98 Å². The fourth-order valence-corrected chi connectivity index (χ4v) is 3.84. The van der Waals surface area contributed by atoms with Gasteiger partial charge in [-0.25, -0.2) is 4.98 Å². The summed E-state index contributed by atoms with van der Waals surface area (Å²) < 4.78 is 11.5. The summed E-state index contributed by atoms with van der Waals surface area (Å²) in [4.78, 5) is 20.9. The van der Waals surface area contributed by atoms with Crippen molar-refractivity contribution >= 4 is 27.8 Å². The Morgan fingerprint density at radius 1 is 1.04 bits per heavy atom. The van der Waals surface area contributed by atoms with Crippen molar-refractivity contribution in [1.82, 2.24) is 9.97 Å². The van der Waals surface area contributed by atoms with Gasteiger partial charge in [-0.1, -0.05) is 30.3 Å². The lowest BCUT2D eigenvalue weighted by atomic mass is 10.1. The molecule has 4 aromatic rings. The molecule has 0 atom stereocenters. The predicted octanol–water partition coefficient (Wildman–Crippen LogP) is 5.28. The minimum atomic E-state index is 0.467. The van der Waals surface area contributed by atoms with Crippen LogP contribution in [0.4, 0.5) is 0 Å². The zero-order valence-corrected chi connectivity index (χ0v) is 15.6. The van der Waals surface area contributed by atoms with E-state index in [0.717, 1.165) is 27.6 Å². The van der Waals surface area contributed by atoms with Crippen molar-refractivity contribution < 1.29 is 14.3 Å². The van der Waals surface area contributed by atoms with E-state index in [1.165, 1.54) is 7.11 Å². The van der Waals surface area contributed by atoms with Crippen molar-refractivity contribution in [2.45, 2.75) is 6.92 Å². The Morgan fingerprint density at radius 2 is 1.85 bits per heavy atom. The summed E-state index contributed by atoms with van der Waals surface area (Å²) in [5, 5.41) is 2.92. The number of fused-ring (bicyclic) bond motifs is 1. The van der Waals surface area contributed by atoms with E-state index in [0.29, 0.717) is 28.8 Å². The lowest BCUT2D eigenvalue weighted by Gasteiger charge is -2.12. The number of thiophene rings is 1. The van der Waals surface area contributed by atoms with Gasteiger partial charge >= 0.3 is 0 Å². The number of carbonyl (C=O) groups is 1. The zero-order valence-electron chi connectivity index (χ0n) is 14.8. The third kappa shape index (κ3) is 3.27. The number of rotatable bonds is 5. The fraction of sp³-hybridized carbons (Fsp3) is 0.0952. The molecule has 0 aliphatic carbocycles. The molecule has 0 spiro atoms. The van der Waals surface area contributed by atoms with Crippen LogP contribution < -0.4 is 9.47 Å². The van der Waals surface area contributed by atoms with Crippen LogP contribution in [0.1, 0.15) is 16.2 Å². The molecule has 0 bridgehead atoms. The Hall–Kier alpha value is -3.25. The van der Waals surface area contributed by atoms with Crippen molar-refractivity contribution in [3.63, 3.8) is 0 Å². The molecule has 2 aromatic heterocycles. The number of aryl methyl sites for hydroxylation is 1. The van der Waals surface area contributed by atoms with Gasteiger partial charge in [-0.3, -0.25) is 4.79 Å². The Morgan fingerprint density at radius 3 is 2.59 bits per heavy atom. The number of benzene rings is 2. The molecule has 0 fully saturated rings. The molecule has 0 aliphatic heterocycles. The lowest BCUT2D eigenvalue weighted by Crippen LogP contribution is -1.97. The minimum Gasteiger partial charge on any atom is -0.493 e. The second-order valence-electron chi connectivity index (χ2n) is 5.90. The summed E-state index contributed by atoms with van der Waals surface area (Å²) in [6.07, 6.45) is 0.770. The first-order valence-electron chi connectivity index (χ1n) is 8.32. The van der Waals surface area contributed by atoms with E-state index in [4.69, 9.17) is 9.47 Å². The van der Waals surface area contributed by atoms with E-state index in [1.807, 2.05) is 37.3 Å². The highest BCUT2D eigenvalue weighted by Crippen LogP contribution is 2.41. The predicted molar refractivity (Wildman–Crippen MR) is 106 cm³/mol. The summed E-state index contributed by atoms with van der Waals surface area (Å²) in [5.74, 6) is 2.06. The normalized spacial score (nSPS) is 10.7. The van der Waals surface area contributed by atoms with E-state index in [9.17, 15) is 4.79 Å². The third-order valence-electron chi connectivity index (χ3n) is 4.13. The first kappa shape index (κ1) is 17.2. The Labute approximate surface area is 160 Å². The van der Waals surface area contributed by atoms with Crippen molar-refractivity contribution in [3.8, 4) is 28.5 Å². The van der Waals surface area contributed by atoms with Crippen molar-refractivity contribution in [3.05, 3.63) is 65.3 Å². The van der Waals surface area contributed by atoms with E-state index in [2.05, 4.69) is 15.3 Å². The molecule has 2 aromatic carbocycles. The fourth-order valence-electron chi connectivity index (χ4n) is 2.86. The molecule has 5 nitrogen and oxygen atoms in total. The van der Waals surface area contributed by atoms with Gasteiger partial charge in [0, 0.05) is 16.5 Å². The number of nitrogens with zero attached hydrogens (tertiary/aromatic N) is 2.